The maximum Gasteiger partial charge on any atom is 0.157 e. The van der Waals surface area contributed by atoms with Crippen molar-refractivity contribution < 1.29 is 15.3 Å². The number of fused-ring (bicyclic) bond motifs is 1. The Morgan fingerprint density at radius 2 is 1.88 bits per heavy atom. The monoisotopic (exact) mass is 345 g/mol. The molecular weight excluding hydrogens is 314 g/mol. The van der Waals surface area contributed by atoms with Crippen molar-refractivity contribution in [2.24, 2.45) is 11.8 Å². The van der Waals surface area contributed by atoms with E-state index in [4.69, 9.17) is 0 Å². The van der Waals surface area contributed by atoms with Gasteiger partial charge < -0.3 is 15.3 Å². The van der Waals surface area contributed by atoms with Crippen LogP contribution in [-0.2, 0) is 6.42 Å². The molecule has 1 aromatic rings. The van der Waals surface area contributed by atoms with Crippen LogP contribution < -0.4 is 0 Å². The van der Waals surface area contributed by atoms with Gasteiger partial charge in [-0.05, 0) is 81.0 Å². The lowest BCUT2D eigenvalue weighted by atomic mass is 9.66. The molecule has 1 aliphatic heterocycles. The number of benzene rings is 1. The molecule has 3 aliphatic rings. The summed E-state index contributed by atoms with van der Waals surface area (Å²) in [6, 6.07) is 5.33. The number of nitrogens with zero attached hydrogens (tertiary/aromatic N) is 1. The van der Waals surface area contributed by atoms with Gasteiger partial charge >= 0.3 is 0 Å². The van der Waals surface area contributed by atoms with E-state index in [1.54, 1.807) is 12.1 Å². The number of phenols is 2. The molecule has 3 fully saturated rings. The minimum Gasteiger partial charge on any atom is -0.504 e. The smallest absolute Gasteiger partial charge is 0.157 e. The van der Waals surface area contributed by atoms with E-state index in [-0.39, 0.29) is 17.5 Å². The summed E-state index contributed by atoms with van der Waals surface area (Å²) in [6.45, 7) is 2.26. The van der Waals surface area contributed by atoms with Crippen molar-refractivity contribution in [3.8, 4) is 11.5 Å². The second-order valence-electron chi connectivity index (χ2n) is 8.54. The van der Waals surface area contributed by atoms with E-state index in [2.05, 4.69) is 4.90 Å². The van der Waals surface area contributed by atoms with Gasteiger partial charge in [0.25, 0.3) is 0 Å². The summed E-state index contributed by atoms with van der Waals surface area (Å²) in [4.78, 5) is 2.57. The van der Waals surface area contributed by atoms with Crippen molar-refractivity contribution in [1.29, 1.82) is 0 Å². The van der Waals surface area contributed by atoms with E-state index in [1.165, 1.54) is 25.7 Å². The van der Waals surface area contributed by atoms with Crippen molar-refractivity contribution in [2.75, 3.05) is 13.1 Å². The minimum absolute atomic E-state index is 0.0507. The quantitative estimate of drug-likeness (QED) is 0.716. The van der Waals surface area contributed by atoms with Crippen LogP contribution in [0.15, 0.2) is 18.2 Å². The first-order chi connectivity index (χ1) is 12.1. The molecule has 138 valence electrons. The number of likely N-dealkylation sites (tertiary alicyclic amines) is 1. The molecule has 25 heavy (non-hydrogen) atoms. The Morgan fingerprint density at radius 1 is 1.04 bits per heavy atom. The molecular formula is C21H31NO3. The summed E-state index contributed by atoms with van der Waals surface area (Å²) in [5.74, 6) is 1.17. The van der Waals surface area contributed by atoms with E-state index in [0.717, 1.165) is 56.7 Å². The first-order valence-corrected chi connectivity index (χ1v) is 10.0. The molecule has 0 radical (unpaired) electrons. The van der Waals surface area contributed by atoms with Crippen molar-refractivity contribution in [2.45, 2.75) is 69.4 Å². The lowest BCUT2D eigenvalue weighted by molar-refractivity contribution is -0.143. The highest BCUT2D eigenvalue weighted by Gasteiger charge is 2.50. The molecule has 1 aromatic carbocycles. The maximum absolute atomic E-state index is 11.6. The van der Waals surface area contributed by atoms with Gasteiger partial charge in [-0.15, -0.1) is 0 Å². The normalized spacial score (nSPS) is 33.2. The van der Waals surface area contributed by atoms with Crippen LogP contribution >= 0.6 is 0 Å². The van der Waals surface area contributed by atoms with Crippen LogP contribution in [0, 0.1) is 11.8 Å². The molecule has 2 aliphatic carbocycles. The fourth-order valence-corrected chi connectivity index (χ4v) is 5.19. The molecule has 3 N–H and O–H groups in total. The number of aromatic hydroxyl groups is 2. The Kier molecular flexibility index (Phi) is 4.67. The zero-order chi connectivity index (χ0) is 17.4. The van der Waals surface area contributed by atoms with Gasteiger partial charge in [-0.25, -0.2) is 0 Å². The SMILES string of the molecule is Oc1ccc(CCC2N(CC3CC3)CCC3CCCCC32O)cc1O. The third kappa shape index (κ3) is 3.52. The summed E-state index contributed by atoms with van der Waals surface area (Å²) in [5, 5.41) is 30.9. The summed E-state index contributed by atoms with van der Waals surface area (Å²) >= 11 is 0. The molecule has 4 nitrogen and oxygen atoms in total. The van der Waals surface area contributed by atoms with Crippen LogP contribution in [-0.4, -0.2) is 45.0 Å². The molecule has 1 heterocycles. The van der Waals surface area contributed by atoms with Gasteiger partial charge in [-0.3, -0.25) is 4.90 Å². The van der Waals surface area contributed by atoms with Gasteiger partial charge in [0.2, 0.25) is 0 Å². The molecule has 0 bridgehead atoms. The molecule has 3 unspecified atom stereocenters. The van der Waals surface area contributed by atoms with Crippen LogP contribution in [0.5, 0.6) is 11.5 Å². The van der Waals surface area contributed by atoms with E-state index in [9.17, 15) is 15.3 Å². The van der Waals surface area contributed by atoms with Gasteiger partial charge in [-0.1, -0.05) is 18.9 Å². The van der Waals surface area contributed by atoms with E-state index >= 15 is 0 Å². The highest BCUT2D eigenvalue weighted by molar-refractivity contribution is 5.40. The number of phenolic OH excluding ortho intramolecular Hbond substituents is 2. The number of piperidine rings is 1. The highest BCUT2D eigenvalue weighted by atomic mass is 16.3. The van der Waals surface area contributed by atoms with Gasteiger partial charge in [0.1, 0.15) is 0 Å². The van der Waals surface area contributed by atoms with Crippen LogP contribution in [0.1, 0.15) is 56.9 Å². The lowest BCUT2D eigenvalue weighted by Crippen LogP contribution is -2.62. The van der Waals surface area contributed by atoms with Crippen LogP contribution in [0.3, 0.4) is 0 Å². The van der Waals surface area contributed by atoms with E-state index in [0.29, 0.717) is 5.92 Å². The Labute approximate surface area is 150 Å². The minimum atomic E-state index is -0.537. The number of hydrogen-bond acceptors (Lipinski definition) is 4. The van der Waals surface area contributed by atoms with Crippen LogP contribution in [0.25, 0.3) is 0 Å². The molecule has 0 amide bonds. The Balaban J connectivity index is 1.51. The Morgan fingerprint density at radius 3 is 2.64 bits per heavy atom. The first kappa shape index (κ1) is 17.2. The second kappa shape index (κ2) is 6.81. The number of aryl methyl sites for hydroxylation is 1. The number of rotatable bonds is 5. The summed E-state index contributed by atoms with van der Waals surface area (Å²) in [5.41, 5.74) is 0.493. The Hall–Kier alpha value is -1.26. The zero-order valence-electron chi connectivity index (χ0n) is 15.0. The maximum atomic E-state index is 11.6. The van der Waals surface area contributed by atoms with Gasteiger partial charge in [0.05, 0.1) is 5.60 Å². The van der Waals surface area contributed by atoms with E-state index in [1.807, 2.05) is 6.07 Å². The van der Waals surface area contributed by atoms with Crippen LogP contribution in [0.4, 0.5) is 0 Å². The molecule has 0 spiro atoms. The third-order valence-corrected chi connectivity index (χ3v) is 6.81. The van der Waals surface area contributed by atoms with Gasteiger partial charge in [0, 0.05) is 12.6 Å². The second-order valence-corrected chi connectivity index (χ2v) is 8.54. The Bertz CT molecular complexity index is 615. The molecule has 3 atom stereocenters. The van der Waals surface area contributed by atoms with Gasteiger partial charge in [0.15, 0.2) is 11.5 Å². The molecule has 2 saturated carbocycles. The fourth-order valence-electron chi connectivity index (χ4n) is 5.19. The first-order valence-electron chi connectivity index (χ1n) is 10.0. The van der Waals surface area contributed by atoms with E-state index < -0.39 is 5.60 Å². The average Bonchev–Trinajstić information content (AvgIpc) is 3.40. The molecule has 0 aromatic heterocycles. The number of hydrogen-bond donors (Lipinski definition) is 3. The van der Waals surface area contributed by atoms with Crippen molar-refractivity contribution >= 4 is 0 Å². The summed E-state index contributed by atoms with van der Waals surface area (Å²) in [7, 11) is 0. The average molecular weight is 345 g/mol. The summed E-state index contributed by atoms with van der Waals surface area (Å²) < 4.78 is 0. The highest BCUT2D eigenvalue weighted by Crippen LogP contribution is 2.46. The third-order valence-electron chi connectivity index (χ3n) is 6.81. The molecule has 4 rings (SSSR count). The fraction of sp³-hybridized carbons (Fsp3) is 0.714. The van der Waals surface area contributed by atoms with Crippen molar-refractivity contribution in [3.05, 3.63) is 23.8 Å². The topological polar surface area (TPSA) is 63.9 Å². The van der Waals surface area contributed by atoms with Crippen molar-refractivity contribution in [1.82, 2.24) is 4.90 Å². The van der Waals surface area contributed by atoms with Crippen LogP contribution in [0.2, 0.25) is 0 Å². The largest absolute Gasteiger partial charge is 0.504 e. The zero-order valence-corrected chi connectivity index (χ0v) is 15.0. The lowest BCUT2D eigenvalue weighted by Gasteiger charge is -2.54. The molecule has 1 saturated heterocycles. The summed E-state index contributed by atoms with van der Waals surface area (Å²) in [6.07, 6.45) is 10.1. The standard InChI is InChI=1S/C21H31NO3/c23-18-8-6-15(13-19(18)24)7-9-20-21(25)11-2-1-3-17(21)10-12-22(20)14-16-4-5-16/h6,8,13,16-17,20,23-25H,1-5,7,9-12,14H2. The predicted molar refractivity (Wildman–Crippen MR) is 97.7 cm³/mol. The van der Waals surface area contributed by atoms with Crippen molar-refractivity contribution in [3.63, 3.8) is 0 Å². The molecule has 4 heteroatoms. The van der Waals surface area contributed by atoms with Gasteiger partial charge in [-0.2, -0.15) is 0 Å². The number of aliphatic hydroxyl groups is 1. The predicted octanol–water partition coefficient (Wildman–Crippen LogP) is 3.44.